The van der Waals surface area contributed by atoms with Crippen molar-refractivity contribution in [2.24, 2.45) is 10.9 Å². The zero-order valence-corrected chi connectivity index (χ0v) is 18.3. The minimum atomic E-state index is 0.323. The van der Waals surface area contributed by atoms with Gasteiger partial charge in [-0.1, -0.05) is 24.6 Å². The first-order valence-corrected chi connectivity index (χ1v) is 11.5. The maximum Gasteiger partial charge on any atom is 0.225 e. The first-order chi connectivity index (χ1) is 14.7. The lowest BCUT2D eigenvalue weighted by molar-refractivity contribution is -0.139. The minimum absolute atomic E-state index is 0.323. The number of aliphatic imine (C=N–C) groups is 1. The molecule has 30 heavy (non-hydrogen) atoms. The molecule has 2 saturated heterocycles. The standard InChI is InChI=1S/C23H36N6O/c1-24-23(29-18-16-27(17-19-29)21-8-3-2-4-9-21)25-10-11-26-12-14-28(15-13-26)22(30)20-6-5-7-20/h2-4,8-9,20H,5-7,10-19H2,1H3,(H,24,25). The third-order valence-corrected chi connectivity index (χ3v) is 6.76. The first-order valence-electron chi connectivity index (χ1n) is 11.5. The lowest BCUT2D eigenvalue weighted by atomic mass is 9.84. The van der Waals surface area contributed by atoms with Gasteiger partial charge < -0.3 is 20.0 Å². The molecule has 0 atom stereocenters. The number of carbonyl (C=O) groups is 1. The predicted molar refractivity (Wildman–Crippen MR) is 122 cm³/mol. The SMILES string of the molecule is CN=C(NCCN1CCN(C(=O)C2CCC2)CC1)N1CCN(c2ccccc2)CC1. The van der Waals surface area contributed by atoms with Crippen molar-refractivity contribution in [3.63, 3.8) is 0 Å². The maximum absolute atomic E-state index is 12.4. The number of piperazine rings is 2. The Hall–Kier alpha value is -2.28. The van der Waals surface area contributed by atoms with Crippen LogP contribution in [0.1, 0.15) is 19.3 Å². The smallest absolute Gasteiger partial charge is 0.225 e. The van der Waals surface area contributed by atoms with Crippen LogP contribution >= 0.6 is 0 Å². The second kappa shape index (κ2) is 10.2. The van der Waals surface area contributed by atoms with Crippen molar-refractivity contribution < 1.29 is 4.79 Å². The highest BCUT2D eigenvalue weighted by atomic mass is 16.2. The molecule has 3 fully saturated rings. The van der Waals surface area contributed by atoms with Gasteiger partial charge in [0, 0.05) is 84.1 Å². The monoisotopic (exact) mass is 412 g/mol. The van der Waals surface area contributed by atoms with Crippen LogP contribution in [0.5, 0.6) is 0 Å². The van der Waals surface area contributed by atoms with Crippen molar-refractivity contribution in [1.82, 2.24) is 20.0 Å². The van der Waals surface area contributed by atoms with E-state index in [0.717, 1.165) is 84.2 Å². The zero-order valence-electron chi connectivity index (χ0n) is 18.3. The molecule has 1 aliphatic carbocycles. The molecular weight excluding hydrogens is 376 g/mol. The third kappa shape index (κ3) is 5.06. The summed E-state index contributed by atoms with van der Waals surface area (Å²) in [5.74, 6) is 1.72. The molecule has 1 N–H and O–H groups in total. The van der Waals surface area contributed by atoms with Gasteiger partial charge in [-0.25, -0.2) is 0 Å². The van der Waals surface area contributed by atoms with Crippen LogP contribution < -0.4 is 10.2 Å². The summed E-state index contributed by atoms with van der Waals surface area (Å²) in [5, 5.41) is 3.55. The number of nitrogens with one attached hydrogen (secondary N) is 1. The summed E-state index contributed by atoms with van der Waals surface area (Å²) in [5.41, 5.74) is 1.30. The molecule has 0 bridgehead atoms. The van der Waals surface area contributed by atoms with Crippen molar-refractivity contribution in [1.29, 1.82) is 0 Å². The lowest BCUT2D eigenvalue weighted by Gasteiger charge is -2.39. The number of rotatable bonds is 5. The zero-order chi connectivity index (χ0) is 20.8. The fraction of sp³-hybridized carbons (Fsp3) is 0.652. The Balaban J connectivity index is 1.15. The summed E-state index contributed by atoms with van der Waals surface area (Å²) in [7, 11) is 1.87. The van der Waals surface area contributed by atoms with Crippen molar-refractivity contribution in [2.75, 3.05) is 77.4 Å². The van der Waals surface area contributed by atoms with Crippen molar-refractivity contribution in [3.8, 4) is 0 Å². The highest BCUT2D eigenvalue weighted by molar-refractivity contribution is 5.80. The molecule has 4 rings (SSSR count). The number of hydrogen-bond acceptors (Lipinski definition) is 4. The summed E-state index contributed by atoms with van der Waals surface area (Å²) in [6.45, 7) is 9.60. The van der Waals surface area contributed by atoms with E-state index in [1.165, 1.54) is 12.1 Å². The Labute approximate surface area is 180 Å². The summed E-state index contributed by atoms with van der Waals surface area (Å²) in [6, 6.07) is 10.6. The van der Waals surface area contributed by atoms with E-state index in [4.69, 9.17) is 0 Å². The fourth-order valence-corrected chi connectivity index (χ4v) is 4.58. The molecule has 1 amide bonds. The number of para-hydroxylation sites is 1. The average Bonchev–Trinajstić information content (AvgIpc) is 2.77. The molecule has 0 spiro atoms. The Kier molecular flexibility index (Phi) is 7.10. The van der Waals surface area contributed by atoms with Gasteiger partial charge in [-0.2, -0.15) is 0 Å². The van der Waals surface area contributed by atoms with Crippen molar-refractivity contribution in [3.05, 3.63) is 30.3 Å². The molecule has 164 valence electrons. The number of carbonyl (C=O) groups excluding carboxylic acids is 1. The fourth-order valence-electron chi connectivity index (χ4n) is 4.58. The van der Waals surface area contributed by atoms with E-state index in [9.17, 15) is 4.79 Å². The molecule has 2 heterocycles. The lowest BCUT2D eigenvalue weighted by Crippen LogP contribution is -2.54. The second-order valence-electron chi connectivity index (χ2n) is 8.58. The summed E-state index contributed by atoms with van der Waals surface area (Å²) in [4.78, 5) is 26.2. The number of anilines is 1. The Morgan fingerprint density at radius 1 is 0.967 bits per heavy atom. The predicted octanol–water partition coefficient (Wildman–Crippen LogP) is 1.33. The molecule has 1 aromatic carbocycles. The molecule has 7 nitrogen and oxygen atoms in total. The normalized spacial score (nSPS) is 21.5. The van der Waals surface area contributed by atoms with E-state index in [2.05, 4.69) is 60.2 Å². The summed E-state index contributed by atoms with van der Waals surface area (Å²) >= 11 is 0. The summed E-state index contributed by atoms with van der Waals surface area (Å²) in [6.07, 6.45) is 3.42. The van der Waals surface area contributed by atoms with Crippen LogP contribution in [-0.2, 0) is 4.79 Å². The van der Waals surface area contributed by atoms with Crippen LogP contribution in [0.3, 0.4) is 0 Å². The number of nitrogens with zero attached hydrogens (tertiary/aromatic N) is 5. The number of benzene rings is 1. The van der Waals surface area contributed by atoms with Gasteiger partial charge in [0.25, 0.3) is 0 Å². The van der Waals surface area contributed by atoms with Crippen LogP contribution in [0.25, 0.3) is 0 Å². The van der Waals surface area contributed by atoms with Gasteiger partial charge >= 0.3 is 0 Å². The van der Waals surface area contributed by atoms with Crippen LogP contribution in [0.2, 0.25) is 0 Å². The molecule has 0 unspecified atom stereocenters. The Morgan fingerprint density at radius 3 is 2.23 bits per heavy atom. The van der Waals surface area contributed by atoms with Crippen LogP contribution in [0.4, 0.5) is 5.69 Å². The third-order valence-electron chi connectivity index (χ3n) is 6.76. The van der Waals surface area contributed by atoms with Crippen molar-refractivity contribution >= 4 is 17.6 Å². The van der Waals surface area contributed by atoms with Gasteiger partial charge in [-0.3, -0.25) is 14.7 Å². The topological polar surface area (TPSA) is 54.4 Å². The molecule has 0 aromatic heterocycles. The van der Waals surface area contributed by atoms with E-state index < -0.39 is 0 Å². The summed E-state index contributed by atoms with van der Waals surface area (Å²) < 4.78 is 0. The van der Waals surface area contributed by atoms with E-state index in [0.29, 0.717) is 11.8 Å². The van der Waals surface area contributed by atoms with E-state index >= 15 is 0 Å². The van der Waals surface area contributed by atoms with Gasteiger partial charge in [0.2, 0.25) is 5.91 Å². The van der Waals surface area contributed by atoms with E-state index in [1.807, 2.05) is 7.05 Å². The van der Waals surface area contributed by atoms with Gasteiger partial charge in [0.05, 0.1) is 0 Å². The average molecular weight is 413 g/mol. The highest BCUT2D eigenvalue weighted by Crippen LogP contribution is 2.28. The number of guanidine groups is 1. The first kappa shape index (κ1) is 21.0. The van der Waals surface area contributed by atoms with Gasteiger partial charge in [0.15, 0.2) is 5.96 Å². The van der Waals surface area contributed by atoms with Gasteiger partial charge in [0.1, 0.15) is 0 Å². The van der Waals surface area contributed by atoms with E-state index in [1.54, 1.807) is 0 Å². The van der Waals surface area contributed by atoms with E-state index in [-0.39, 0.29) is 0 Å². The second-order valence-corrected chi connectivity index (χ2v) is 8.58. The van der Waals surface area contributed by atoms with Crippen LogP contribution in [0.15, 0.2) is 35.3 Å². The molecule has 2 aliphatic heterocycles. The van der Waals surface area contributed by atoms with Crippen molar-refractivity contribution in [2.45, 2.75) is 19.3 Å². The molecule has 7 heteroatoms. The molecule has 1 saturated carbocycles. The quantitative estimate of drug-likeness (QED) is 0.584. The van der Waals surface area contributed by atoms with Gasteiger partial charge in [-0.15, -0.1) is 0 Å². The maximum atomic E-state index is 12.4. The van der Waals surface area contributed by atoms with Gasteiger partial charge in [-0.05, 0) is 25.0 Å². The Bertz CT molecular complexity index is 704. The molecular formula is C23H36N6O. The highest BCUT2D eigenvalue weighted by Gasteiger charge is 2.31. The largest absolute Gasteiger partial charge is 0.368 e. The minimum Gasteiger partial charge on any atom is -0.368 e. The molecule has 1 aromatic rings. The molecule has 0 radical (unpaired) electrons. The molecule has 3 aliphatic rings. The Morgan fingerprint density at radius 2 is 1.63 bits per heavy atom. The number of hydrogen-bond donors (Lipinski definition) is 1. The number of amides is 1. The van der Waals surface area contributed by atoms with Crippen LogP contribution in [-0.4, -0.2) is 99.1 Å². The van der Waals surface area contributed by atoms with Crippen LogP contribution in [0, 0.1) is 5.92 Å².